The molecule has 1 aromatic carbocycles. The summed E-state index contributed by atoms with van der Waals surface area (Å²) in [5.74, 6) is 0.807. The summed E-state index contributed by atoms with van der Waals surface area (Å²) in [5.41, 5.74) is 0.618. The predicted octanol–water partition coefficient (Wildman–Crippen LogP) is 1.09. The number of benzene rings is 1. The highest BCUT2D eigenvalue weighted by atomic mass is 35.5. The van der Waals surface area contributed by atoms with E-state index in [0.29, 0.717) is 22.3 Å². The molecule has 0 saturated carbocycles. The van der Waals surface area contributed by atoms with Gasteiger partial charge in [0.2, 0.25) is 0 Å². The Labute approximate surface area is 104 Å². The van der Waals surface area contributed by atoms with E-state index in [1.807, 2.05) is 0 Å². The minimum absolute atomic E-state index is 0.197. The van der Waals surface area contributed by atoms with Gasteiger partial charge < -0.3 is 10.1 Å². The lowest BCUT2D eigenvalue weighted by Crippen LogP contribution is -2.24. The number of nitrogens with one attached hydrogen (secondary N) is 2. The van der Waals surface area contributed by atoms with Crippen molar-refractivity contribution in [2.75, 3.05) is 14.2 Å². The Balaban J connectivity index is 2.44. The highest BCUT2D eigenvalue weighted by molar-refractivity contribution is 6.32. The van der Waals surface area contributed by atoms with E-state index < -0.39 is 6.04 Å². The molecule has 6 heteroatoms. The van der Waals surface area contributed by atoms with E-state index in [9.17, 15) is 4.79 Å². The summed E-state index contributed by atoms with van der Waals surface area (Å²) in [6.07, 6.45) is 0. The molecule has 1 saturated heterocycles. The van der Waals surface area contributed by atoms with Crippen molar-refractivity contribution in [1.29, 1.82) is 0 Å². The van der Waals surface area contributed by atoms with Crippen molar-refractivity contribution in [3.8, 4) is 5.75 Å². The second kappa shape index (κ2) is 4.63. The maximum absolute atomic E-state index is 11.8. The fourth-order valence-electron chi connectivity index (χ4n) is 1.73. The summed E-state index contributed by atoms with van der Waals surface area (Å²) in [5, 5.41) is 6.04. The smallest absolute Gasteiger partial charge is 0.254 e. The Morgan fingerprint density at radius 3 is 2.82 bits per heavy atom. The summed E-state index contributed by atoms with van der Waals surface area (Å²) in [6.45, 7) is 0. The Morgan fingerprint density at radius 2 is 2.24 bits per heavy atom. The normalized spacial score (nSPS) is 21.2. The molecule has 2 N–H and O–H groups in total. The van der Waals surface area contributed by atoms with Gasteiger partial charge in [-0.1, -0.05) is 17.7 Å². The summed E-state index contributed by atoms with van der Waals surface area (Å²) in [4.78, 5) is 15.7. The van der Waals surface area contributed by atoms with Gasteiger partial charge in [0.1, 0.15) is 11.8 Å². The van der Waals surface area contributed by atoms with Gasteiger partial charge in [-0.3, -0.25) is 15.1 Å². The number of carbonyl (C=O) groups is 1. The quantitative estimate of drug-likeness (QED) is 0.830. The number of aliphatic imine (C=N–C) groups is 1. The molecule has 2 rings (SSSR count). The number of guanidine groups is 1. The molecule has 90 valence electrons. The molecule has 1 heterocycles. The second-order valence-electron chi connectivity index (χ2n) is 3.49. The number of halogens is 1. The van der Waals surface area contributed by atoms with Crippen molar-refractivity contribution in [1.82, 2.24) is 10.6 Å². The molecule has 0 spiro atoms. The van der Waals surface area contributed by atoms with Crippen LogP contribution in [0.5, 0.6) is 5.75 Å². The summed E-state index contributed by atoms with van der Waals surface area (Å²) in [7, 11) is 3.13. The number of amides is 1. The largest absolute Gasteiger partial charge is 0.496 e. The number of hydrogen-bond donors (Lipinski definition) is 2. The van der Waals surface area contributed by atoms with Gasteiger partial charge in [-0.05, 0) is 12.1 Å². The van der Waals surface area contributed by atoms with Crippen molar-refractivity contribution in [2.24, 2.45) is 4.99 Å². The summed E-state index contributed by atoms with van der Waals surface area (Å²) < 4.78 is 5.21. The Hall–Kier alpha value is -1.75. The SMILES string of the molecule is CN=C1NC(=O)C(c2c(Cl)cccc2OC)N1. The van der Waals surface area contributed by atoms with Crippen LogP contribution in [0, 0.1) is 0 Å². The summed E-state index contributed by atoms with van der Waals surface area (Å²) in [6, 6.07) is 4.68. The van der Waals surface area contributed by atoms with E-state index in [1.165, 1.54) is 7.11 Å². The average molecular weight is 254 g/mol. The maximum atomic E-state index is 11.8. The van der Waals surface area contributed by atoms with Gasteiger partial charge in [-0.2, -0.15) is 0 Å². The van der Waals surface area contributed by atoms with Crippen LogP contribution in [0.4, 0.5) is 0 Å². The van der Waals surface area contributed by atoms with Crippen LogP contribution in [0.15, 0.2) is 23.2 Å². The van der Waals surface area contributed by atoms with Gasteiger partial charge in [0.15, 0.2) is 5.96 Å². The van der Waals surface area contributed by atoms with Crippen LogP contribution in [0.25, 0.3) is 0 Å². The standard InChI is InChI=1S/C11H12ClN3O2/c1-13-11-14-9(10(16)15-11)8-6(12)4-3-5-7(8)17-2/h3-5,9H,1-2H3,(H2,13,14,15,16). The van der Waals surface area contributed by atoms with Crippen molar-refractivity contribution < 1.29 is 9.53 Å². The molecule has 0 radical (unpaired) electrons. The molecule has 1 amide bonds. The van der Waals surface area contributed by atoms with Gasteiger partial charge >= 0.3 is 0 Å². The zero-order valence-electron chi connectivity index (χ0n) is 9.45. The first-order valence-corrected chi connectivity index (χ1v) is 5.41. The molecule has 1 atom stereocenters. The minimum atomic E-state index is -0.572. The highest BCUT2D eigenvalue weighted by Crippen LogP contribution is 2.33. The molecule has 0 bridgehead atoms. The van der Waals surface area contributed by atoms with Crippen molar-refractivity contribution >= 4 is 23.5 Å². The molecule has 0 aliphatic carbocycles. The Morgan fingerprint density at radius 1 is 1.47 bits per heavy atom. The van der Waals surface area contributed by atoms with Crippen LogP contribution in [0.2, 0.25) is 5.02 Å². The molecule has 5 nitrogen and oxygen atoms in total. The van der Waals surface area contributed by atoms with E-state index in [0.717, 1.165) is 0 Å². The molecular weight excluding hydrogens is 242 g/mol. The second-order valence-corrected chi connectivity index (χ2v) is 3.90. The number of hydrogen-bond acceptors (Lipinski definition) is 3. The predicted molar refractivity (Wildman–Crippen MR) is 65.4 cm³/mol. The Kier molecular flexibility index (Phi) is 3.19. The first-order valence-electron chi connectivity index (χ1n) is 5.04. The number of ether oxygens (including phenoxy) is 1. The van der Waals surface area contributed by atoms with Gasteiger partial charge in [0.05, 0.1) is 12.1 Å². The maximum Gasteiger partial charge on any atom is 0.254 e. The molecule has 17 heavy (non-hydrogen) atoms. The lowest BCUT2D eigenvalue weighted by Gasteiger charge is -2.14. The van der Waals surface area contributed by atoms with Gasteiger partial charge in [0, 0.05) is 12.6 Å². The fraction of sp³-hybridized carbons (Fsp3) is 0.273. The van der Waals surface area contributed by atoms with Crippen LogP contribution in [0.1, 0.15) is 11.6 Å². The third-order valence-electron chi connectivity index (χ3n) is 2.53. The third-order valence-corrected chi connectivity index (χ3v) is 2.86. The van der Waals surface area contributed by atoms with E-state index in [-0.39, 0.29) is 5.91 Å². The number of methoxy groups -OCH3 is 1. The van der Waals surface area contributed by atoms with E-state index >= 15 is 0 Å². The van der Waals surface area contributed by atoms with Crippen LogP contribution in [-0.2, 0) is 4.79 Å². The zero-order chi connectivity index (χ0) is 12.4. The van der Waals surface area contributed by atoms with Gasteiger partial charge in [-0.15, -0.1) is 0 Å². The zero-order valence-corrected chi connectivity index (χ0v) is 10.2. The van der Waals surface area contributed by atoms with Crippen molar-refractivity contribution in [3.63, 3.8) is 0 Å². The number of nitrogens with zero attached hydrogens (tertiary/aromatic N) is 1. The van der Waals surface area contributed by atoms with Crippen molar-refractivity contribution in [3.05, 3.63) is 28.8 Å². The average Bonchev–Trinajstić information content (AvgIpc) is 2.70. The van der Waals surface area contributed by atoms with Gasteiger partial charge in [-0.25, -0.2) is 0 Å². The molecular formula is C11H12ClN3O2. The van der Waals surface area contributed by atoms with Crippen LogP contribution in [0.3, 0.4) is 0 Å². The molecule has 0 aromatic heterocycles. The van der Waals surface area contributed by atoms with Crippen LogP contribution in [-0.4, -0.2) is 26.0 Å². The number of carbonyl (C=O) groups excluding carboxylic acids is 1. The van der Waals surface area contributed by atoms with Gasteiger partial charge in [0.25, 0.3) is 5.91 Å². The van der Waals surface area contributed by atoms with Crippen LogP contribution < -0.4 is 15.4 Å². The highest BCUT2D eigenvalue weighted by Gasteiger charge is 2.33. The first-order chi connectivity index (χ1) is 8.17. The van der Waals surface area contributed by atoms with E-state index in [2.05, 4.69) is 15.6 Å². The monoisotopic (exact) mass is 253 g/mol. The van der Waals surface area contributed by atoms with E-state index in [4.69, 9.17) is 16.3 Å². The third kappa shape index (κ3) is 2.06. The topological polar surface area (TPSA) is 62.7 Å². The fourth-order valence-corrected chi connectivity index (χ4v) is 2.00. The van der Waals surface area contributed by atoms with Crippen LogP contribution >= 0.6 is 11.6 Å². The molecule has 1 aromatic rings. The number of rotatable bonds is 2. The minimum Gasteiger partial charge on any atom is -0.496 e. The first kappa shape index (κ1) is 11.7. The van der Waals surface area contributed by atoms with Crippen molar-refractivity contribution in [2.45, 2.75) is 6.04 Å². The lowest BCUT2D eigenvalue weighted by molar-refractivity contribution is -0.120. The lowest BCUT2D eigenvalue weighted by atomic mass is 10.1. The Bertz CT molecular complexity index is 488. The molecule has 1 unspecified atom stereocenters. The molecule has 1 fully saturated rings. The molecule has 1 aliphatic rings. The van der Waals surface area contributed by atoms with E-state index in [1.54, 1.807) is 25.2 Å². The molecule has 1 aliphatic heterocycles. The summed E-state index contributed by atoms with van der Waals surface area (Å²) >= 11 is 6.10.